The van der Waals surface area contributed by atoms with Crippen molar-refractivity contribution in [3.05, 3.63) is 58.7 Å². The second kappa shape index (κ2) is 6.71. The molecule has 0 aromatic heterocycles. The van der Waals surface area contributed by atoms with Gasteiger partial charge in [-0.05, 0) is 46.0 Å². The number of benzene rings is 2. The monoisotopic (exact) mass is 338 g/mol. The summed E-state index contributed by atoms with van der Waals surface area (Å²) < 4.78 is 24.0. The Morgan fingerprint density at radius 2 is 1.88 bits per heavy atom. The third-order valence-electron chi connectivity index (χ3n) is 3.99. The maximum absolute atomic E-state index is 10.8. The Morgan fingerprint density at radius 3 is 2.50 bits per heavy atom. The van der Waals surface area contributed by atoms with Gasteiger partial charge in [0.05, 0.1) is 24.7 Å². The van der Waals surface area contributed by atoms with Gasteiger partial charge in [-0.15, -0.1) is 0 Å². The first-order valence-corrected chi connectivity index (χ1v) is 8.46. The standard InChI is InChI=1S/C17H14N4O2S/c18-7-12-1-3-14(4-2-12)16-6-13(8-20-24(22)23)5-15-9-21(11-19)10-17(15)16/h1-6,24H,8-10H2,(H,20,22,23). The van der Waals surface area contributed by atoms with Crippen LogP contribution in [0.1, 0.15) is 22.3 Å². The number of rotatable bonds is 4. The number of hydrogen-bond donors (Lipinski definition) is 2. The molecule has 1 aliphatic heterocycles. The van der Waals surface area contributed by atoms with Crippen molar-refractivity contribution in [3.8, 4) is 23.4 Å². The molecule has 0 spiro atoms. The highest BCUT2D eigenvalue weighted by Crippen LogP contribution is 2.34. The number of thiol groups is 1. The second-order valence-corrected chi connectivity index (χ2v) is 6.35. The summed E-state index contributed by atoms with van der Waals surface area (Å²) in [5.41, 5.74) is 5.42. The van der Waals surface area contributed by atoms with Gasteiger partial charge in [0.25, 0.3) is 0 Å². The lowest BCUT2D eigenvalue weighted by atomic mass is 9.94. The fourth-order valence-corrected chi connectivity index (χ4v) is 3.20. The van der Waals surface area contributed by atoms with Crippen molar-refractivity contribution in [2.75, 3.05) is 0 Å². The summed E-state index contributed by atoms with van der Waals surface area (Å²) in [7, 11) is -2.66. The predicted octanol–water partition coefficient (Wildman–Crippen LogP) is 1.64. The molecule has 0 aliphatic carbocycles. The van der Waals surface area contributed by atoms with Gasteiger partial charge >= 0.3 is 0 Å². The molecule has 120 valence electrons. The topological polar surface area (TPSA) is 97.0 Å². The van der Waals surface area contributed by atoms with Gasteiger partial charge in [-0.3, -0.25) is 0 Å². The van der Waals surface area contributed by atoms with Gasteiger partial charge in [0.1, 0.15) is 0 Å². The van der Waals surface area contributed by atoms with E-state index in [0.717, 1.165) is 27.8 Å². The van der Waals surface area contributed by atoms with Gasteiger partial charge in [0.15, 0.2) is 6.19 Å². The molecule has 24 heavy (non-hydrogen) atoms. The lowest BCUT2D eigenvalue weighted by Gasteiger charge is -2.11. The zero-order valence-electron chi connectivity index (χ0n) is 12.7. The summed E-state index contributed by atoms with van der Waals surface area (Å²) in [4.78, 5) is 1.66. The van der Waals surface area contributed by atoms with Crippen LogP contribution in [-0.2, 0) is 30.5 Å². The number of nitrogens with one attached hydrogen (secondary N) is 1. The number of nitrogens with zero attached hydrogens (tertiary/aromatic N) is 3. The first-order valence-electron chi connectivity index (χ1n) is 7.28. The first-order chi connectivity index (χ1) is 11.6. The van der Waals surface area contributed by atoms with E-state index in [1.807, 2.05) is 24.3 Å². The number of hydrogen-bond acceptors (Lipinski definition) is 5. The average molecular weight is 338 g/mol. The Labute approximate surface area is 141 Å². The SMILES string of the molecule is N#Cc1ccc(-c2cc(CN[SH](=O)=O)cc3c2CN(C#N)C3)cc1. The molecule has 6 nitrogen and oxygen atoms in total. The quantitative estimate of drug-likeness (QED) is 0.652. The minimum absolute atomic E-state index is 0.210. The summed E-state index contributed by atoms with van der Waals surface area (Å²) >= 11 is 0. The van der Waals surface area contributed by atoms with E-state index in [2.05, 4.69) is 17.0 Å². The van der Waals surface area contributed by atoms with Crippen molar-refractivity contribution in [2.24, 2.45) is 0 Å². The summed E-state index contributed by atoms with van der Waals surface area (Å²) in [6.07, 6.45) is 2.16. The normalized spacial score (nSPS) is 12.7. The van der Waals surface area contributed by atoms with Crippen molar-refractivity contribution >= 4 is 10.9 Å². The Morgan fingerprint density at radius 1 is 1.12 bits per heavy atom. The maximum Gasteiger partial charge on any atom is 0.201 e. The van der Waals surface area contributed by atoms with Crippen molar-refractivity contribution in [1.29, 1.82) is 10.5 Å². The molecule has 0 unspecified atom stereocenters. The molecule has 1 heterocycles. The fraction of sp³-hybridized carbons (Fsp3) is 0.176. The molecule has 0 fully saturated rings. The highest BCUT2D eigenvalue weighted by Gasteiger charge is 2.22. The Bertz CT molecular complexity index is 929. The minimum atomic E-state index is -2.66. The Hall–Kier alpha value is -2.87. The van der Waals surface area contributed by atoms with Crippen molar-refractivity contribution < 1.29 is 8.42 Å². The zero-order chi connectivity index (χ0) is 17.1. The molecule has 1 N–H and O–H groups in total. The first kappa shape index (κ1) is 16.0. The third-order valence-corrected chi connectivity index (χ3v) is 4.41. The zero-order valence-corrected chi connectivity index (χ0v) is 13.6. The van der Waals surface area contributed by atoms with Crippen LogP contribution in [0, 0.1) is 22.8 Å². The van der Waals surface area contributed by atoms with Gasteiger partial charge in [0.2, 0.25) is 10.9 Å². The predicted molar refractivity (Wildman–Crippen MR) is 88.6 cm³/mol. The molecule has 0 saturated heterocycles. The van der Waals surface area contributed by atoms with Gasteiger partial charge in [-0.2, -0.15) is 10.5 Å². The van der Waals surface area contributed by atoms with Crippen molar-refractivity contribution in [1.82, 2.24) is 9.62 Å². The Kier molecular flexibility index (Phi) is 4.48. The largest absolute Gasteiger partial charge is 0.302 e. The molecule has 0 amide bonds. The van der Waals surface area contributed by atoms with Gasteiger partial charge in [-0.1, -0.05) is 18.2 Å². The third kappa shape index (κ3) is 3.23. The summed E-state index contributed by atoms with van der Waals surface area (Å²) in [6, 6.07) is 13.2. The van der Waals surface area contributed by atoms with E-state index in [1.165, 1.54) is 0 Å². The van der Waals surface area contributed by atoms with E-state index in [1.54, 1.807) is 17.0 Å². The molecule has 0 bridgehead atoms. The number of fused-ring (bicyclic) bond motifs is 1. The van der Waals surface area contributed by atoms with E-state index in [0.29, 0.717) is 18.7 Å². The number of nitriles is 2. The van der Waals surface area contributed by atoms with E-state index < -0.39 is 10.9 Å². The molecular weight excluding hydrogens is 324 g/mol. The molecule has 3 rings (SSSR count). The van der Waals surface area contributed by atoms with E-state index in [9.17, 15) is 8.42 Å². The van der Waals surface area contributed by atoms with Crippen LogP contribution in [0.4, 0.5) is 0 Å². The van der Waals surface area contributed by atoms with Gasteiger partial charge < -0.3 is 4.90 Å². The molecule has 1 aliphatic rings. The van der Waals surface area contributed by atoms with E-state index >= 15 is 0 Å². The van der Waals surface area contributed by atoms with E-state index in [-0.39, 0.29) is 6.54 Å². The van der Waals surface area contributed by atoms with Crippen LogP contribution in [-0.4, -0.2) is 13.3 Å². The van der Waals surface area contributed by atoms with Crippen LogP contribution < -0.4 is 4.72 Å². The van der Waals surface area contributed by atoms with E-state index in [4.69, 9.17) is 10.5 Å². The molecule has 0 radical (unpaired) electrons. The lowest BCUT2D eigenvalue weighted by molar-refractivity contribution is 0.417. The maximum atomic E-state index is 10.8. The smallest absolute Gasteiger partial charge is 0.201 e. The average Bonchev–Trinajstić information content (AvgIpc) is 3.02. The van der Waals surface area contributed by atoms with Crippen LogP contribution in [0.15, 0.2) is 36.4 Å². The van der Waals surface area contributed by atoms with Crippen LogP contribution in [0.3, 0.4) is 0 Å². The summed E-state index contributed by atoms with van der Waals surface area (Å²) in [6.45, 7) is 1.26. The van der Waals surface area contributed by atoms with Crippen LogP contribution in [0.2, 0.25) is 0 Å². The molecule has 0 saturated carbocycles. The molecule has 2 aromatic rings. The van der Waals surface area contributed by atoms with Gasteiger partial charge in [0, 0.05) is 6.54 Å². The van der Waals surface area contributed by atoms with Gasteiger partial charge in [-0.25, -0.2) is 13.1 Å². The lowest BCUT2D eigenvalue weighted by Crippen LogP contribution is -2.10. The second-order valence-electron chi connectivity index (χ2n) is 5.52. The summed E-state index contributed by atoms with van der Waals surface area (Å²) in [5, 5.41) is 18.1. The van der Waals surface area contributed by atoms with Crippen LogP contribution >= 0.6 is 0 Å². The minimum Gasteiger partial charge on any atom is -0.302 e. The molecule has 7 heteroatoms. The van der Waals surface area contributed by atoms with Crippen LogP contribution in [0.25, 0.3) is 11.1 Å². The highest BCUT2D eigenvalue weighted by molar-refractivity contribution is 7.70. The van der Waals surface area contributed by atoms with Crippen molar-refractivity contribution in [3.63, 3.8) is 0 Å². The van der Waals surface area contributed by atoms with Crippen molar-refractivity contribution in [2.45, 2.75) is 19.6 Å². The van der Waals surface area contributed by atoms with Crippen LogP contribution in [0.5, 0.6) is 0 Å². The Balaban J connectivity index is 2.06. The fourth-order valence-electron chi connectivity index (χ4n) is 2.89. The highest BCUT2D eigenvalue weighted by atomic mass is 32.2. The molecule has 0 atom stereocenters. The molecular formula is C17H14N4O2S. The molecule has 2 aromatic carbocycles. The summed E-state index contributed by atoms with van der Waals surface area (Å²) in [5.74, 6) is 0.